The molecule has 0 aliphatic heterocycles. The molecule has 0 unspecified atom stereocenters. The molecule has 0 atom stereocenters. The maximum absolute atomic E-state index is 3.18. The Morgan fingerprint density at radius 3 is 2.42 bits per heavy atom. The Morgan fingerprint density at radius 2 is 1.73 bits per heavy atom. The molecule has 0 saturated heterocycles. The molecule has 0 aliphatic carbocycles. The van der Waals surface area contributed by atoms with E-state index in [4.69, 9.17) is 0 Å². The Bertz CT molecular complexity index is 1040. The van der Waals surface area contributed by atoms with Gasteiger partial charge in [0.2, 0.25) is 0 Å². The summed E-state index contributed by atoms with van der Waals surface area (Å²) in [4.78, 5) is 0. The highest BCUT2D eigenvalue weighted by Gasteiger charge is 2.14. The first-order valence-electron chi connectivity index (χ1n) is 9.35. The van der Waals surface area contributed by atoms with Crippen LogP contribution in [0, 0.1) is 6.92 Å². The summed E-state index contributed by atoms with van der Waals surface area (Å²) in [5, 5.41) is 8.30. The minimum atomic E-state index is 0.192. The number of nitrogens with one attached hydrogen (secondary N) is 1. The summed E-state index contributed by atoms with van der Waals surface area (Å²) >= 11 is 0. The largest absolute Gasteiger partial charge is 0.393 e. The second kappa shape index (κ2) is 7.37. The van der Waals surface area contributed by atoms with Crippen molar-refractivity contribution in [2.24, 2.45) is 0 Å². The van der Waals surface area contributed by atoms with Crippen LogP contribution in [-0.4, -0.2) is 7.05 Å². The number of aryl methyl sites for hydroxylation is 1. The Labute approximate surface area is 157 Å². The summed E-state index contributed by atoms with van der Waals surface area (Å²) in [5.41, 5.74) is 4.35. The number of hydrogen-bond donors (Lipinski definition) is 1. The third-order valence-electron chi connectivity index (χ3n) is 5.04. The third kappa shape index (κ3) is 3.83. The minimum Gasteiger partial charge on any atom is -0.393 e. The first-order chi connectivity index (χ1) is 12.4. The van der Waals surface area contributed by atoms with Crippen LogP contribution >= 0.6 is 0 Å². The van der Waals surface area contributed by atoms with E-state index in [1.165, 1.54) is 37.9 Å². The number of rotatable bonds is 3. The van der Waals surface area contributed by atoms with Crippen LogP contribution in [0.25, 0.3) is 23.0 Å². The lowest BCUT2D eigenvalue weighted by atomic mass is 9.85. The molecule has 0 fully saturated rings. The number of hydrogen-bond acceptors (Lipinski definition) is 1. The summed E-state index contributed by atoms with van der Waals surface area (Å²) in [6, 6.07) is 19.9. The van der Waals surface area contributed by atoms with Gasteiger partial charge < -0.3 is 5.32 Å². The van der Waals surface area contributed by atoms with Crippen LogP contribution in [0.5, 0.6) is 0 Å². The quantitative estimate of drug-likeness (QED) is 0.742. The highest BCUT2D eigenvalue weighted by atomic mass is 14.8. The highest BCUT2D eigenvalue weighted by molar-refractivity contribution is 5.83. The molecule has 0 radical (unpaired) electrons. The first-order valence-corrected chi connectivity index (χ1v) is 9.35. The van der Waals surface area contributed by atoms with E-state index in [1.807, 2.05) is 7.05 Å². The van der Waals surface area contributed by atoms with Crippen LogP contribution < -0.4 is 15.8 Å². The molecule has 0 amide bonds. The van der Waals surface area contributed by atoms with E-state index in [1.54, 1.807) is 0 Å². The molecular formula is C25H29N. The van der Waals surface area contributed by atoms with E-state index >= 15 is 0 Å². The average molecular weight is 344 g/mol. The molecule has 3 aromatic carbocycles. The van der Waals surface area contributed by atoms with Crippen molar-refractivity contribution in [2.45, 2.75) is 39.5 Å². The zero-order valence-corrected chi connectivity index (χ0v) is 16.6. The molecule has 0 saturated carbocycles. The molecule has 3 rings (SSSR count). The van der Waals surface area contributed by atoms with Gasteiger partial charge in [-0.1, -0.05) is 81.4 Å². The van der Waals surface area contributed by atoms with Crippen molar-refractivity contribution in [1.82, 2.24) is 5.32 Å². The van der Waals surface area contributed by atoms with Gasteiger partial charge in [-0.05, 0) is 56.7 Å². The van der Waals surface area contributed by atoms with Crippen molar-refractivity contribution in [1.29, 1.82) is 0 Å². The van der Waals surface area contributed by atoms with Crippen molar-refractivity contribution < 1.29 is 0 Å². The zero-order chi connectivity index (χ0) is 18.7. The fourth-order valence-corrected chi connectivity index (χ4v) is 3.43. The van der Waals surface area contributed by atoms with Gasteiger partial charge in [-0.3, -0.25) is 0 Å². The smallest absolute Gasteiger partial charge is 0.00413 e. The van der Waals surface area contributed by atoms with Gasteiger partial charge in [-0.25, -0.2) is 0 Å². The van der Waals surface area contributed by atoms with Crippen LogP contribution in [0.15, 0.2) is 54.6 Å². The second-order valence-electron chi connectivity index (χ2n) is 8.02. The molecular weight excluding hydrogens is 314 g/mol. The summed E-state index contributed by atoms with van der Waals surface area (Å²) in [6.07, 6.45) is 5.38. The Kier molecular flexibility index (Phi) is 5.18. The summed E-state index contributed by atoms with van der Waals surface area (Å²) in [6.45, 7) is 9.03. The lowest BCUT2D eigenvalue weighted by Gasteiger charge is -2.20. The molecule has 0 bridgehead atoms. The zero-order valence-electron chi connectivity index (χ0n) is 16.6. The van der Waals surface area contributed by atoms with E-state index in [2.05, 4.69) is 99.9 Å². The molecule has 1 nitrogen and oxygen atoms in total. The van der Waals surface area contributed by atoms with Crippen LogP contribution in [0.2, 0.25) is 0 Å². The summed E-state index contributed by atoms with van der Waals surface area (Å²) < 4.78 is 0. The Hall–Kier alpha value is -2.54. The molecule has 0 aliphatic rings. The van der Waals surface area contributed by atoms with Gasteiger partial charge >= 0.3 is 0 Å². The molecule has 26 heavy (non-hydrogen) atoms. The predicted octanol–water partition coefficient (Wildman–Crippen LogP) is 4.43. The van der Waals surface area contributed by atoms with Gasteiger partial charge in [0.25, 0.3) is 0 Å². The van der Waals surface area contributed by atoms with Crippen molar-refractivity contribution in [3.63, 3.8) is 0 Å². The molecule has 1 heteroatoms. The molecule has 3 aromatic rings. The van der Waals surface area contributed by atoms with Crippen molar-refractivity contribution in [3.05, 3.63) is 81.7 Å². The number of benzene rings is 3. The average Bonchev–Trinajstić information content (AvgIpc) is 2.61. The monoisotopic (exact) mass is 343 g/mol. The summed E-state index contributed by atoms with van der Waals surface area (Å²) in [5.74, 6) is 0. The fraction of sp³-hybridized carbons (Fsp3) is 0.280. The maximum Gasteiger partial charge on any atom is 0.00413 e. The minimum absolute atomic E-state index is 0.192. The van der Waals surface area contributed by atoms with Gasteiger partial charge in [-0.15, -0.1) is 0 Å². The normalized spacial score (nSPS) is 13.4. The van der Waals surface area contributed by atoms with Crippen LogP contribution in [0.4, 0.5) is 0 Å². The lowest BCUT2D eigenvalue weighted by Crippen LogP contribution is -2.27. The maximum atomic E-state index is 3.18. The van der Waals surface area contributed by atoms with Crippen molar-refractivity contribution in [2.75, 3.05) is 7.05 Å². The van der Waals surface area contributed by atoms with E-state index in [0.29, 0.717) is 0 Å². The van der Waals surface area contributed by atoms with Crippen molar-refractivity contribution in [3.8, 4) is 0 Å². The Morgan fingerprint density at radius 1 is 0.962 bits per heavy atom. The Balaban J connectivity index is 2.09. The summed E-state index contributed by atoms with van der Waals surface area (Å²) in [7, 11) is 1.95. The van der Waals surface area contributed by atoms with Gasteiger partial charge in [-0.2, -0.15) is 0 Å². The van der Waals surface area contributed by atoms with Crippen molar-refractivity contribution >= 4 is 23.0 Å². The van der Waals surface area contributed by atoms with E-state index < -0.39 is 0 Å². The molecule has 0 spiro atoms. The highest BCUT2D eigenvalue weighted by Crippen LogP contribution is 2.24. The topological polar surface area (TPSA) is 12.0 Å². The predicted molar refractivity (Wildman–Crippen MR) is 115 cm³/mol. The first kappa shape index (κ1) is 18.3. The third-order valence-corrected chi connectivity index (χ3v) is 5.04. The van der Waals surface area contributed by atoms with Crippen LogP contribution in [0.3, 0.4) is 0 Å². The van der Waals surface area contributed by atoms with Crippen LogP contribution in [0.1, 0.15) is 37.5 Å². The van der Waals surface area contributed by atoms with Gasteiger partial charge in [0.05, 0.1) is 0 Å². The standard InChI is InChI=1S/C25H29N/c1-18-16-22(25(2,3)4)14-12-19(18)13-15-24-21(17-26-5)11-10-20-8-6-7-9-23(20)24/h6-12,14-17,26H,13H2,1-5H3/b21-17-,24-15+. The van der Waals surface area contributed by atoms with Gasteiger partial charge in [0.1, 0.15) is 0 Å². The van der Waals surface area contributed by atoms with Gasteiger partial charge in [0, 0.05) is 13.2 Å². The SMILES string of the molecule is CN/C=c1/ccc2ccccc2/c1=C/Cc1ccc(C(C)(C)C)cc1C. The molecule has 0 aromatic heterocycles. The lowest BCUT2D eigenvalue weighted by molar-refractivity contribution is 0.589. The van der Waals surface area contributed by atoms with Crippen LogP contribution in [-0.2, 0) is 11.8 Å². The second-order valence-corrected chi connectivity index (χ2v) is 8.02. The number of fused-ring (bicyclic) bond motifs is 1. The van der Waals surface area contributed by atoms with E-state index in [-0.39, 0.29) is 5.41 Å². The van der Waals surface area contributed by atoms with E-state index in [0.717, 1.165) is 6.42 Å². The molecule has 0 heterocycles. The molecule has 1 N–H and O–H groups in total. The van der Waals surface area contributed by atoms with Gasteiger partial charge in [0.15, 0.2) is 0 Å². The molecule has 134 valence electrons. The van der Waals surface area contributed by atoms with E-state index in [9.17, 15) is 0 Å². The fourth-order valence-electron chi connectivity index (χ4n) is 3.43.